The van der Waals surface area contributed by atoms with Crippen molar-refractivity contribution in [1.82, 2.24) is 10.2 Å². The molecule has 1 aliphatic heterocycles. The molecule has 1 atom stereocenters. The van der Waals surface area contributed by atoms with Gasteiger partial charge in [-0.1, -0.05) is 48.5 Å². The third-order valence-electron chi connectivity index (χ3n) is 5.13. The Labute approximate surface area is 170 Å². The van der Waals surface area contributed by atoms with Crippen LogP contribution in [-0.2, 0) is 15.1 Å². The zero-order valence-electron chi connectivity index (χ0n) is 15.9. The Morgan fingerprint density at radius 1 is 1.00 bits per heavy atom. The third-order valence-corrected chi connectivity index (χ3v) is 5.13. The summed E-state index contributed by atoms with van der Waals surface area (Å²) in [6.45, 7) is 0.877. The molecule has 8 heteroatoms. The van der Waals surface area contributed by atoms with Crippen molar-refractivity contribution in [3.8, 4) is 0 Å². The van der Waals surface area contributed by atoms with Gasteiger partial charge in [-0.25, -0.2) is 13.6 Å². The number of nitrogens with zero attached hydrogens (tertiary/aromatic N) is 1. The summed E-state index contributed by atoms with van der Waals surface area (Å²) in [6, 6.07) is 15.2. The Kier molecular flexibility index (Phi) is 4.69. The maximum Gasteiger partial charge on any atom is 0.325 e. The van der Waals surface area contributed by atoms with Crippen LogP contribution < -0.4 is 10.6 Å². The van der Waals surface area contributed by atoms with Crippen molar-refractivity contribution >= 4 is 34.3 Å². The van der Waals surface area contributed by atoms with Gasteiger partial charge in [0.2, 0.25) is 5.91 Å². The lowest BCUT2D eigenvalue weighted by molar-refractivity contribution is -0.133. The van der Waals surface area contributed by atoms with Gasteiger partial charge >= 0.3 is 6.03 Å². The molecule has 3 aromatic carbocycles. The minimum Gasteiger partial charge on any atom is -0.320 e. The molecular weight excluding hydrogens is 392 g/mol. The summed E-state index contributed by atoms with van der Waals surface area (Å²) in [5.41, 5.74) is -1.44. The van der Waals surface area contributed by atoms with Crippen molar-refractivity contribution < 1.29 is 23.2 Å². The van der Waals surface area contributed by atoms with Crippen molar-refractivity contribution in [2.24, 2.45) is 0 Å². The molecule has 0 radical (unpaired) electrons. The lowest BCUT2D eigenvalue weighted by Gasteiger charge is -2.24. The maximum absolute atomic E-state index is 13.8. The van der Waals surface area contributed by atoms with Crippen LogP contribution in [0.4, 0.5) is 19.3 Å². The average Bonchev–Trinajstić information content (AvgIpc) is 2.94. The van der Waals surface area contributed by atoms with Crippen molar-refractivity contribution in [2.45, 2.75) is 12.5 Å². The normalized spacial score (nSPS) is 18.6. The number of urea groups is 1. The molecular formula is C22H17F2N3O3. The molecule has 1 saturated heterocycles. The van der Waals surface area contributed by atoms with E-state index >= 15 is 0 Å². The molecule has 0 aromatic heterocycles. The molecule has 152 valence electrons. The van der Waals surface area contributed by atoms with Crippen LogP contribution in [-0.4, -0.2) is 29.3 Å². The molecule has 0 spiro atoms. The van der Waals surface area contributed by atoms with E-state index in [1.165, 1.54) is 0 Å². The van der Waals surface area contributed by atoms with E-state index in [9.17, 15) is 23.2 Å². The number of rotatable bonds is 4. The summed E-state index contributed by atoms with van der Waals surface area (Å²) in [7, 11) is 0. The summed E-state index contributed by atoms with van der Waals surface area (Å²) in [6.07, 6.45) is 0. The molecule has 30 heavy (non-hydrogen) atoms. The van der Waals surface area contributed by atoms with Gasteiger partial charge in [0.05, 0.1) is 0 Å². The van der Waals surface area contributed by atoms with Crippen LogP contribution in [0.5, 0.6) is 0 Å². The maximum atomic E-state index is 13.8. The van der Waals surface area contributed by atoms with Crippen LogP contribution in [0, 0.1) is 11.6 Å². The number of fused-ring (bicyclic) bond motifs is 1. The fourth-order valence-electron chi connectivity index (χ4n) is 3.62. The Morgan fingerprint density at radius 3 is 2.37 bits per heavy atom. The first-order valence-corrected chi connectivity index (χ1v) is 9.17. The molecule has 6 nitrogen and oxygen atoms in total. The molecule has 0 saturated carbocycles. The van der Waals surface area contributed by atoms with Gasteiger partial charge < -0.3 is 10.6 Å². The highest BCUT2D eigenvalue weighted by Crippen LogP contribution is 2.33. The molecule has 3 aromatic rings. The van der Waals surface area contributed by atoms with E-state index in [2.05, 4.69) is 10.6 Å². The summed E-state index contributed by atoms with van der Waals surface area (Å²) < 4.78 is 27.5. The quantitative estimate of drug-likeness (QED) is 0.647. The smallest absolute Gasteiger partial charge is 0.320 e. The number of anilines is 1. The molecule has 0 aliphatic carbocycles. The second-order valence-corrected chi connectivity index (χ2v) is 7.12. The van der Waals surface area contributed by atoms with Crippen molar-refractivity contribution in [3.63, 3.8) is 0 Å². The summed E-state index contributed by atoms with van der Waals surface area (Å²) in [5.74, 6) is -3.44. The van der Waals surface area contributed by atoms with Crippen molar-refractivity contribution in [2.75, 3.05) is 11.9 Å². The fourth-order valence-corrected chi connectivity index (χ4v) is 3.62. The second kappa shape index (κ2) is 7.22. The highest BCUT2D eigenvalue weighted by molar-refractivity contribution is 6.11. The lowest BCUT2D eigenvalue weighted by Crippen LogP contribution is -2.42. The highest BCUT2D eigenvalue weighted by Gasteiger charge is 2.50. The number of nitrogens with one attached hydrogen (secondary N) is 2. The monoisotopic (exact) mass is 409 g/mol. The first-order chi connectivity index (χ1) is 14.3. The Morgan fingerprint density at radius 2 is 1.63 bits per heavy atom. The predicted molar refractivity (Wildman–Crippen MR) is 107 cm³/mol. The van der Waals surface area contributed by atoms with E-state index in [0.717, 1.165) is 33.9 Å². The zero-order chi connectivity index (χ0) is 21.5. The van der Waals surface area contributed by atoms with Crippen molar-refractivity contribution in [3.05, 3.63) is 77.9 Å². The van der Waals surface area contributed by atoms with Gasteiger partial charge in [0.15, 0.2) is 0 Å². The average molecular weight is 409 g/mol. The van der Waals surface area contributed by atoms with Crippen LogP contribution in [0.15, 0.2) is 60.7 Å². The van der Waals surface area contributed by atoms with Gasteiger partial charge in [0.1, 0.15) is 29.4 Å². The number of imide groups is 1. The molecule has 4 amide bonds. The first-order valence-electron chi connectivity index (χ1n) is 9.17. The topological polar surface area (TPSA) is 78.5 Å². The number of para-hydroxylation sites is 1. The summed E-state index contributed by atoms with van der Waals surface area (Å²) in [5, 5.41) is 6.40. The molecule has 1 fully saturated rings. The van der Waals surface area contributed by atoms with Crippen LogP contribution in [0.2, 0.25) is 0 Å². The van der Waals surface area contributed by atoms with Crippen LogP contribution >= 0.6 is 0 Å². The highest BCUT2D eigenvalue weighted by atomic mass is 19.1. The molecule has 4 rings (SSSR count). The number of carbonyl (C=O) groups is 3. The van der Waals surface area contributed by atoms with Gasteiger partial charge in [0, 0.05) is 0 Å². The fraction of sp³-hybridized carbons (Fsp3) is 0.136. The number of carbonyl (C=O) groups excluding carboxylic acids is 3. The van der Waals surface area contributed by atoms with E-state index < -0.39 is 47.3 Å². The number of hydrogen-bond donors (Lipinski definition) is 2. The predicted octanol–water partition coefficient (Wildman–Crippen LogP) is 3.52. The lowest BCUT2D eigenvalue weighted by atomic mass is 9.88. The summed E-state index contributed by atoms with van der Waals surface area (Å²) in [4.78, 5) is 38.7. The number of benzene rings is 3. The van der Waals surface area contributed by atoms with Crippen molar-refractivity contribution in [1.29, 1.82) is 0 Å². The molecule has 1 aliphatic rings. The Balaban J connectivity index is 1.60. The van der Waals surface area contributed by atoms with Gasteiger partial charge in [-0.15, -0.1) is 0 Å². The van der Waals surface area contributed by atoms with E-state index in [1.54, 1.807) is 19.1 Å². The molecule has 1 unspecified atom stereocenters. The molecule has 1 heterocycles. The standard InChI is InChI=1S/C22H17F2N3O3/c1-22(15-9-4-7-13-6-2-3-8-14(13)15)20(29)27(21(30)26-22)12-18(28)25-19-16(23)10-5-11-17(19)24/h2-11H,12H2,1H3,(H,25,28)(H,26,30). The van der Waals surface area contributed by atoms with E-state index in [-0.39, 0.29) is 0 Å². The number of hydrogen-bond acceptors (Lipinski definition) is 3. The Bertz CT molecular complexity index is 1170. The zero-order valence-corrected chi connectivity index (χ0v) is 15.9. The first kappa shape index (κ1) is 19.5. The van der Waals surface area contributed by atoms with E-state index in [0.29, 0.717) is 5.56 Å². The molecule has 2 N–H and O–H groups in total. The van der Waals surface area contributed by atoms with Gasteiger partial charge in [-0.05, 0) is 35.4 Å². The minimum atomic E-state index is -1.39. The number of halogens is 2. The van der Waals surface area contributed by atoms with Gasteiger partial charge in [-0.3, -0.25) is 14.5 Å². The molecule has 0 bridgehead atoms. The summed E-state index contributed by atoms with van der Waals surface area (Å²) >= 11 is 0. The largest absolute Gasteiger partial charge is 0.325 e. The second-order valence-electron chi connectivity index (χ2n) is 7.12. The minimum absolute atomic E-state index is 0.585. The van der Waals surface area contributed by atoms with Crippen LogP contribution in [0.1, 0.15) is 12.5 Å². The number of amides is 4. The van der Waals surface area contributed by atoms with Crippen LogP contribution in [0.25, 0.3) is 10.8 Å². The third kappa shape index (κ3) is 3.16. The SMILES string of the molecule is CC1(c2cccc3ccccc23)NC(=O)N(CC(=O)Nc2c(F)cccc2F)C1=O. The van der Waals surface area contributed by atoms with E-state index in [4.69, 9.17) is 0 Å². The van der Waals surface area contributed by atoms with Gasteiger partial charge in [-0.2, -0.15) is 0 Å². The van der Waals surface area contributed by atoms with E-state index in [1.807, 2.05) is 30.3 Å². The Hall–Kier alpha value is -3.81. The van der Waals surface area contributed by atoms with Crippen LogP contribution in [0.3, 0.4) is 0 Å². The van der Waals surface area contributed by atoms with Gasteiger partial charge in [0.25, 0.3) is 5.91 Å².